The van der Waals surface area contributed by atoms with Crippen molar-refractivity contribution in [1.82, 2.24) is 19.2 Å². The van der Waals surface area contributed by atoms with Crippen molar-refractivity contribution in [3.63, 3.8) is 0 Å². The first-order chi connectivity index (χ1) is 16.6. The van der Waals surface area contributed by atoms with Gasteiger partial charge in [0, 0.05) is 23.0 Å². The molecule has 0 fully saturated rings. The zero-order valence-electron chi connectivity index (χ0n) is 17.9. The number of hydrogen-bond acceptors (Lipinski definition) is 5. The molecule has 1 aromatic carbocycles. The molecule has 7 nitrogen and oxygen atoms in total. The highest BCUT2D eigenvalue weighted by Crippen LogP contribution is 2.39. The number of rotatable bonds is 4. The third-order valence-electron chi connectivity index (χ3n) is 5.20. The second-order valence-corrected chi connectivity index (χ2v) is 10.2. The number of fused-ring (bicyclic) bond motifs is 1. The monoisotopic (exact) mass is 550 g/mol. The molecule has 3 heterocycles. The minimum absolute atomic E-state index is 0.202. The fourth-order valence-electron chi connectivity index (χ4n) is 3.42. The summed E-state index contributed by atoms with van der Waals surface area (Å²) in [7, 11) is -4.21. The molecule has 190 valence electrons. The number of nitrogens with zero attached hydrogens (tertiary/aromatic N) is 4. The van der Waals surface area contributed by atoms with Crippen LogP contribution >= 0.6 is 11.6 Å². The Morgan fingerprint density at radius 1 is 1.00 bits per heavy atom. The summed E-state index contributed by atoms with van der Waals surface area (Å²) in [6.07, 6.45) is -7.85. The van der Waals surface area contributed by atoms with E-state index in [1.165, 1.54) is 13.0 Å². The Balaban J connectivity index is 1.98. The molecular formula is C21H13ClF6N4O3S. The molecule has 4 rings (SSSR count). The molecule has 0 aliphatic rings. The van der Waals surface area contributed by atoms with Gasteiger partial charge in [0.05, 0.1) is 16.9 Å². The number of sulfone groups is 1. The van der Waals surface area contributed by atoms with Crippen molar-refractivity contribution < 1.29 is 34.8 Å². The lowest BCUT2D eigenvalue weighted by Crippen LogP contribution is -2.23. The first-order valence-electron chi connectivity index (χ1n) is 9.92. The minimum atomic E-state index is -4.84. The fraction of sp³-hybridized carbons (Fsp3) is 0.190. The summed E-state index contributed by atoms with van der Waals surface area (Å²) in [5.74, 6) is -1.09. The summed E-state index contributed by atoms with van der Waals surface area (Å²) in [5, 5.41) is 3.58. The van der Waals surface area contributed by atoms with E-state index >= 15 is 0 Å². The molecular weight excluding hydrogens is 538 g/mol. The molecule has 0 unspecified atom stereocenters. The van der Waals surface area contributed by atoms with E-state index in [0.29, 0.717) is 22.9 Å². The SMILES string of the molecule is CCS(=O)(=O)c1cc(-c2ccc(Cl)cc2C(F)(F)F)cnc1-n1nc2cc(C(F)(F)F)ccn2c1=O. The van der Waals surface area contributed by atoms with Crippen molar-refractivity contribution in [2.75, 3.05) is 5.75 Å². The fourth-order valence-corrected chi connectivity index (χ4v) is 4.63. The number of halogens is 7. The van der Waals surface area contributed by atoms with Crippen molar-refractivity contribution >= 4 is 27.1 Å². The third kappa shape index (κ3) is 4.57. The maximum atomic E-state index is 13.6. The number of aromatic nitrogens is 4. The van der Waals surface area contributed by atoms with Gasteiger partial charge in [-0.15, -0.1) is 5.10 Å². The van der Waals surface area contributed by atoms with Crippen molar-refractivity contribution in [3.05, 3.63) is 75.4 Å². The van der Waals surface area contributed by atoms with Crippen LogP contribution in [0.2, 0.25) is 5.02 Å². The summed E-state index contributed by atoms with van der Waals surface area (Å²) in [4.78, 5) is 16.1. The van der Waals surface area contributed by atoms with Crippen LogP contribution in [0.3, 0.4) is 0 Å². The van der Waals surface area contributed by atoms with Crippen molar-refractivity contribution in [2.24, 2.45) is 0 Å². The van der Waals surface area contributed by atoms with Crippen LogP contribution in [0.4, 0.5) is 26.3 Å². The molecule has 0 aliphatic carbocycles. The number of alkyl halides is 6. The van der Waals surface area contributed by atoms with Gasteiger partial charge in [-0.1, -0.05) is 24.6 Å². The van der Waals surface area contributed by atoms with E-state index < -0.39 is 66.7 Å². The normalized spacial score (nSPS) is 12.9. The standard InChI is InChI=1S/C21H13ClF6N4O3S/c1-2-36(34,35)16-7-11(14-4-3-13(22)9-15(14)21(26,27)28)10-29-18(16)32-19(33)31-6-5-12(20(23,24)25)8-17(31)30-32/h3-10H,2H2,1H3. The Morgan fingerprint density at radius 2 is 1.69 bits per heavy atom. The third-order valence-corrected chi connectivity index (χ3v) is 7.16. The van der Waals surface area contributed by atoms with Gasteiger partial charge >= 0.3 is 18.0 Å². The van der Waals surface area contributed by atoms with E-state index in [1.807, 2.05) is 0 Å². The van der Waals surface area contributed by atoms with Gasteiger partial charge in [-0.05, 0) is 35.9 Å². The van der Waals surface area contributed by atoms with Crippen LogP contribution in [-0.4, -0.2) is 33.3 Å². The van der Waals surface area contributed by atoms with Gasteiger partial charge in [0.25, 0.3) is 0 Å². The van der Waals surface area contributed by atoms with Crippen LogP contribution in [0.1, 0.15) is 18.1 Å². The van der Waals surface area contributed by atoms with Gasteiger partial charge in [0.15, 0.2) is 21.3 Å². The predicted molar refractivity (Wildman–Crippen MR) is 117 cm³/mol. The number of benzene rings is 1. The van der Waals surface area contributed by atoms with Gasteiger partial charge in [0.1, 0.15) is 4.90 Å². The van der Waals surface area contributed by atoms with Gasteiger partial charge in [-0.3, -0.25) is 0 Å². The van der Waals surface area contributed by atoms with Gasteiger partial charge in [-0.2, -0.15) is 31.0 Å². The average molecular weight is 551 g/mol. The number of pyridine rings is 2. The Kier molecular flexibility index (Phi) is 6.15. The van der Waals surface area contributed by atoms with Crippen LogP contribution in [0.5, 0.6) is 0 Å². The average Bonchev–Trinajstić information content (AvgIpc) is 3.13. The summed E-state index contributed by atoms with van der Waals surface area (Å²) in [5.41, 5.74) is -4.39. The molecule has 0 N–H and O–H groups in total. The molecule has 0 bridgehead atoms. The summed E-state index contributed by atoms with van der Waals surface area (Å²) < 4.78 is 107. The molecule has 36 heavy (non-hydrogen) atoms. The van der Waals surface area contributed by atoms with Crippen LogP contribution < -0.4 is 5.69 Å². The molecule has 4 aromatic rings. The quantitative estimate of drug-likeness (QED) is 0.333. The van der Waals surface area contributed by atoms with E-state index in [1.54, 1.807) is 0 Å². The zero-order chi connectivity index (χ0) is 26.6. The summed E-state index contributed by atoms with van der Waals surface area (Å²) in [6, 6.07) is 5.02. The summed E-state index contributed by atoms with van der Waals surface area (Å²) >= 11 is 5.71. The molecule has 3 aromatic heterocycles. The molecule has 0 spiro atoms. The molecule has 15 heteroatoms. The minimum Gasteiger partial charge on any atom is -0.250 e. The maximum Gasteiger partial charge on any atom is 0.417 e. The van der Waals surface area contributed by atoms with E-state index in [0.717, 1.165) is 28.9 Å². The summed E-state index contributed by atoms with van der Waals surface area (Å²) in [6.45, 7) is 1.26. The van der Waals surface area contributed by atoms with Crippen molar-refractivity contribution in [1.29, 1.82) is 0 Å². The predicted octanol–water partition coefficient (Wildman–Crippen LogP) is 5.03. The Morgan fingerprint density at radius 3 is 2.31 bits per heavy atom. The van der Waals surface area contributed by atoms with Crippen LogP contribution in [-0.2, 0) is 22.2 Å². The number of hydrogen-bond donors (Lipinski definition) is 0. The van der Waals surface area contributed by atoms with Crippen LogP contribution in [0.25, 0.3) is 22.6 Å². The van der Waals surface area contributed by atoms with Gasteiger partial charge in [-0.25, -0.2) is 22.6 Å². The smallest absolute Gasteiger partial charge is 0.250 e. The zero-order valence-corrected chi connectivity index (χ0v) is 19.5. The van der Waals surface area contributed by atoms with Crippen LogP contribution in [0.15, 0.2) is 58.5 Å². The molecule has 0 saturated carbocycles. The molecule has 0 atom stereocenters. The van der Waals surface area contributed by atoms with E-state index in [2.05, 4.69) is 10.1 Å². The largest absolute Gasteiger partial charge is 0.417 e. The Bertz CT molecular complexity index is 1660. The highest BCUT2D eigenvalue weighted by atomic mass is 35.5. The van der Waals surface area contributed by atoms with E-state index in [-0.39, 0.29) is 10.6 Å². The Labute approximate surface area is 203 Å². The van der Waals surface area contributed by atoms with Crippen molar-refractivity contribution in [3.8, 4) is 16.9 Å². The highest BCUT2D eigenvalue weighted by molar-refractivity contribution is 7.91. The molecule has 0 aliphatic heterocycles. The molecule has 0 saturated heterocycles. The van der Waals surface area contributed by atoms with Gasteiger partial charge in [0.2, 0.25) is 0 Å². The second-order valence-electron chi connectivity index (χ2n) is 7.47. The lowest BCUT2D eigenvalue weighted by Gasteiger charge is -2.15. The lowest BCUT2D eigenvalue weighted by atomic mass is 10.0. The van der Waals surface area contributed by atoms with Crippen molar-refractivity contribution in [2.45, 2.75) is 24.2 Å². The molecule has 0 radical (unpaired) electrons. The van der Waals surface area contributed by atoms with E-state index in [9.17, 15) is 39.6 Å². The first-order valence-corrected chi connectivity index (χ1v) is 12.0. The maximum absolute atomic E-state index is 13.6. The van der Waals surface area contributed by atoms with Crippen LogP contribution in [0, 0.1) is 0 Å². The van der Waals surface area contributed by atoms with E-state index in [4.69, 9.17) is 11.6 Å². The second kappa shape index (κ2) is 8.62. The topological polar surface area (TPSA) is 86.3 Å². The molecule has 0 amide bonds. The highest BCUT2D eigenvalue weighted by Gasteiger charge is 2.35. The van der Waals surface area contributed by atoms with Gasteiger partial charge < -0.3 is 0 Å². The lowest BCUT2D eigenvalue weighted by molar-refractivity contribution is -0.138. The first kappa shape index (κ1) is 25.7. The Hall–Kier alpha value is -3.39.